The van der Waals surface area contributed by atoms with Crippen molar-refractivity contribution in [3.8, 4) is 0 Å². The van der Waals surface area contributed by atoms with Gasteiger partial charge in [0, 0.05) is 51.7 Å². The van der Waals surface area contributed by atoms with E-state index < -0.39 is 0 Å². The van der Waals surface area contributed by atoms with Gasteiger partial charge in [0.15, 0.2) is 11.2 Å². The van der Waals surface area contributed by atoms with Gasteiger partial charge in [-0.05, 0) is 19.8 Å². The smallest absolute Gasteiger partial charge is 0.332 e. The Morgan fingerprint density at radius 1 is 1.13 bits per heavy atom. The third kappa shape index (κ3) is 3.19. The Morgan fingerprint density at radius 3 is 2.67 bits per heavy atom. The zero-order valence-electron chi connectivity index (χ0n) is 17.5. The fraction of sp³-hybridized carbons (Fsp3) is 0.650. The largest absolute Gasteiger partial charge is 0.379 e. The normalized spacial score (nSPS) is 20.7. The summed E-state index contributed by atoms with van der Waals surface area (Å²) in [7, 11) is 1.68. The van der Waals surface area contributed by atoms with Crippen LogP contribution in [0.4, 0.5) is 0 Å². The zero-order valence-corrected chi connectivity index (χ0v) is 17.5. The predicted molar refractivity (Wildman–Crippen MR) is 111 cm³/mol. The second-order valence-electron chi connectivity index (χ2n) is 8.22. The van der Waals surface area contributed by atoms with Crippen LogP contribution in [0.1, 0.15) is 18.5 Å². The third-order valence-corrected chi connectivity index (χ3v) is 6.29. The third-order valence-electron chi connectivity index (χ3n) is 6.29. The fourth-order valence-electron chi connectivity index (χ4n) is 4.54. The molecule has 0 amide bonds. The molecule has 10 nitrogen and oxygen atoms in total. The molecule has 2 aliphatic rings. The summed E-state index contributed by atoms with van der Waals surface area (Å²) in [6, 6.07) is 0. The molecular weight excluding hydrogens is 388 g/mol. The molecule has 0 aliphatic carbocycles. The maximum atomic E-state index is 13.3. The highest BCUT2D eigenvalue weighted by Gasteiger charge is 2.23. The summed E-state index contributed by atoms with van der Waals surface area (Å²) in [5, 5.41) is 0. The van der Waals surface area contributed by atoms with Crippen LogP contribution < -0.4 is 11.2 Å². The van der Waals surface area contributed by atoms with Crippen molar-refractivity contribution in [3.63, 3.8) is 0 Å². The summed E-state index contributed by atoms with van der Waals surface area (Å²) in [5.74, 6) is 0.677. The Labute approximate surface area is 173 Å². The number of ether oxygens (including phenoxy) is 2. The van der Waals surface area contributed by atoms with Gasteiger partial charge < -0.3 is 14.0 Å². The van der Waals surface area contributed by atoms with Crippen LogP contribution in [0.25, 0.3) is 16.9 Å². The highest BCUT2D eigenvalue weighted by Crippen LogP contribution is 2.20. The van der Waals surface area contributed by atoms with Crippen LogP contribution in [-0.2, 0) is 29.6 Å². The monoisotopic (exact) mass is 416 g/mol. The number of imidazole rings is 2. The van der Waals surface area contributed by atoms with Gasteiger partial charge in [0.05, 0.1) is 25.9 Å². The van der Waals surface area contributed by atoms with Crippen LogP contribution in [0.5, 0.6) is 0 Å². The van der Waals surface area contributed by atoms with Gasteiger partial charge in [-0.15, -0.1) is 0 Å². The molecule has 2 aliphatic heterocycles. The summed E-state index contributed by atoms with van der Waals surface area (Å²) in [6.45, 7) is 7.51. The van der Waals surface area contributed by atoms with Crippen molar-refractivity contribution in [1.82, 2.24) is 28.0 Å². The van der Waals surface area contributed by atoms with Crippen molar-refractivity contribution < 1.29 is 9.47 Å². The van der Waals surface area contributed by atoms with Gasteiger partial charge in [0.2, 0.25) is 5.78 Å². The van der Waals surface area contributed by atoms with E-state index in [1.807, 2.05) is 17.5 Å². The maximum Gasteiger partial charge on any atom is 0.332 e. The van der Waals surface area contributed by atoms with Crippen LogP contribution in [0, 0.1) is 6.92 Å². The molecule has 5 rings (SSSR count). The van der Waals surface area contributed by atoms with E-state index in [0.717, 1.165) is 38.2 Å². The van der Waals surface area contributed by atoms with Crippen molar-refractivity contribution in [2.75, 3.05) is 39.5 Å². The molecule has 30 heavy (non-hydrogen) atoms. The topological polar surface area (TPSA) is 87.9 Å². The quantitative estimate of drug-likeness (QED) is 0.581. The molecule has 2 saturated heterocycles. The maximum absolute atomic E-state index is 13.3. The molecule has 10 heteroatoms. The van der Waals surface area contributed by atoms with Gasteiger partial charge in [-0.1, -0.05) is 0 Å². The minimum atomic E-state index is -0.330. The van der Waals surface area contributed by atoms with Crippen LogP contribution in [0.2, 0.25) is 0 Å². The lowest BCUT2D eigenvalue weighted by molar-refractivity contribution is 0.0361. The summed E-state index contributed by atoms with van der Waals surface area (Å²) in [4.78, 5) is 33.1. The van der Waals surface area contributed by atoms with E-state index in [2.05, 4.69) is 14.5 Å². The van der Waals surface area contributed by atoms with Crippen molar-refractivity contribution in [1.29, 1.82) is 0 Å². The molecule has 0 radical (unpaired) electrons. The molecule has 162 valence electrons. The number of hydrogen-bond donors (Lipinski definition) is 0. The van der Waals surface area contributed by atoms with E-state index in [1.54, 1.807) is 7.05 Å². The number of fused-ring (bicyclic) bond motifs is 3. The minimum absolute atomic E-state index is 0.161. The van der Waals surface area contributed by atoms with Crippen LogP contribution in [0.3, 0.4) is 0 Å². The summed E-state index contributed by atoms with van der Waals surface area (Å²) in [5.41, 5.74) is 1.27. The molecule has 0 N–H and O–H groups in total. The molecule has 0 bridgehead atoms. The number of nitrogens with zero attached hydrogens (tertiary/aromatic N) is 6. The van der Waals surface area contributed by atoms with Gasteiger partial charge in [-0.2, -0.15) is 4.98 Å². The van der Waals surface area contributed by atoms with Crippen molar-refractivity contribution in [2.45, 2.75) is 39.0 Å². The molecule has 1 unspecified atom stereocenters. The summed E-state index contributed by atoms with van der Waals surface area (Å²) >= 11 is 0. The Balaban J connectivity index is 1.57. The van der Waals surface area contributed by atoms with E-state index >= 15 is 0 Å². The first-order chi connectivity index (χ1) is 14.5. The fourth-order valence-corrected chi connectivity index (χ4v) is 4.54. The number of aryl methyl sites for hydroxylation is 2. The molecule has 1 atom stereocenters. The first-order valence-corrected chi connectivity index (χ1v) is 10.6. The highest BCUT2D eigenvalue weighted by atomic mass is 16.5. The first-order valence-electron chi connectivity index (χ1n) is 10.6. The number of rotatable bonds is 5. The van der Waals surface area contributed by atoms with Crippen molar-refractivity contribution in [2.24, 2.45) is 7.05 Å². The average molecular weight is 416 g/mol. The second kappa shape index (κ2) is 7.68. The van der Waals surface area contributed by atoms with Crippen LogP contribution >= 0.6 is 0 Å². The molecule has 2 fully saturated rings. The lowest BCUT2D eigenvalue weighted by Crippen LogP contribution is -2.44. The second-order valence-corrected chi connectivity index (χ2v) is 8.22. The summed E-state index contributed by atoms with van der Waals surface area (Å²) < 4.78 is 17.9. The van der Waals surface area contributed by atoms with E-state index in [9.17, 15) is 9.59 Å². The predicted octanol–water partition coefficient (Wildman–Crippen LogP) is -0.0310. The molecular formula is C20H28N6O4. The molecule has 0 saturated carbocycles. The van der Waals surface area contributed by atoms with Crippen LogP contribution in [-0.4, -0.2) is 73.5 Å². The molecule has 3 aromatic rings. The Bertz CT molecular complexity index is 1190. The molecule has 5 heterocycles. The Morgan fingerprint density at radius 2 is 1.93 bits per heavy atom. The molecule has 0 spiro atoms. The van der Waals surface area contributed by atoms with Gasteiger partial charge >= 0.3 is 5.69 Å². The van der Waals surface area contributed by atoms with Gasteiger partial charge in [0.1, 0.15) is 0 Å². The van der Waals surface area contributed by atoms with Gasteiger partial charge in [0.25, 0.3) is 5.56 Å². The van der Waals surface area contributed by atoms with Crippen molar-refractivity contribution >= 4 is 16.9 Å². The lowest BCUT2D eigenvalue weighted by Gasteiger charge is -2.26. The van der Waals surface area contributed by atoms with E-state index in [0.29, 0.717) is 49.8 Å². The first kappa shape index (κ1) is 19.5. The summed E-state index contributed by atoms with van der Waals surface area (Å²) in [6.07, 6.45) is 4.18. The number of hydrogen-bond acceptors (Lipinski definition) is 6. The molecule has 0 aromatic carbocycles. The number of morpholine rings is 1. The number of aromatic nitrogens is 5. The zero-order chi connectivity index (χ0) is 20.8. The van der Waals surface area contributed by atoms with Crippen molar-refractivity contribution in [3.05, 3.63) is 32.7 Å². The Hall–Kier alpha value is -2.43. The van der Waals surface area contributed by atoms with E-state index in [-0.39, 0.29) is 17.4 Å². The average Bonchev–Trinajstić information content (AvgIpc) is 3.45. The SMILES string of the molecule is Cc1cn2c3c(=O)n(CCN4CCOCC4)c(=O)n(C)c3nc2n1CC1CCCO1. The molecule has 3 aromatic heterocycles. The van der Waals surface area contributed by atoms with Gasteiger partial charge in [-0.25, -0.2) is 4.79 Å². The van der Waals surface area contributed by atoms with Crippen LogP contribution in [0.15, 0.2) is 15.8 Å². The van der Waals surface area contributed by atoms with Gasteiger partial charge in [-0.3, -0.25) is 23.2 Å². The van der Waals surface area contributed by atoms with E-state index in [4.69, 9.17) is 9.47 Å². The standard InChI is InChI=1S/C20H28N6O4/c1-14-12-26-16-17(21-19(26)25(14)13-15-4-3-9-30-15)22(2)20(28)24(18(16)27)6-5-23-7-10-29-11-8-23/h12,15H,3-11,13H2,1-2H3. The van der Waals surface area contributed by atoms with E-state index in [1.165, 1.54) is 9.13 Å². The minimum Gasteiger partial charge on any atom is -0.379 e. The highest BCUT2D eigenvalue weighted by molar-refractivity contribution is 5.75. The lowest BCUT2D eigenvalue weighted by atomic mass is 10.2. The Kier molecular flexibility index (Phi) is 5.00.